The molecule has 5 heterocycles. The maximum atomic E-state index is 14.6. The van der Waals surface area contributed by atoms with Gasteiger partial charge in [-0.15, -0.1) is 0 Å². The molecule has 4 saturated heterocycles. The molecule has 4 fully saturated rings. The number of hydrogen-bond donors (Lipinski definition) is 6. The predicted molar refractivity (Wildman–Crippen MR) is 247 cm³/mol. The summed E-state index contributed by atoms with van der Waals surface area (Å²) in [6.45, 7) is 23.5. The molecule has 0 spiro atoms. The molecule has 6 N–H and O–H groups in total. The number of ether oxygens (including phenoxy) is 8. The van der Waals surface area contributed by atoms with E-state index in [1.54, 1.807) is 60.1 Å². The summed E-state index contributed by atoms with van der Waals surface area (Å²) in [5.74, 6) is -2.21. The van der Waals surface area contributed by atoms with Gasteiger partial charge in [0.05, 0.1) is 60.5 Å². The molecular weight excluding hydrogens is 855 g/mol. The van der Waals surface area contributed by atoms with E-state index in [1.807, 2.05) is 53.5 Å². The van der Waals surface area contributed by atoms with Crippen molar-refractivity contribution in [2.24, 2.45) is 22.7 Å². The third-order valence-electron chi connectivity index (χ3n) is 14.6. The molecule has 66 heavy (non-hydrogen) atoms. The number of rotatable bonds is 13. The standard InChI is InChI=1S/C48H83N5O13/c1-15-20-49-26-48(58)32(9)62-37(23-46(48,11)59-14)64-38-29(6)41(45(10,56)22-27(4)24-50-31(8)40(54)47(12,57)35(16-2)63-42(55)30(38)7)66-43-39-34(21-28(5)61-43)53(13)44(65-39)52-33-18-19-36(51-25-33)60-17-3/h18-19,25,27-32,34-35,37-41,43,49-50,54,56-58H,15-17,20-24,26H2,1-14H3/b52-44-/t27-,28-,29+,30-,31-,32+,34+,35-,37+,38+,39-,40-,41-,43+,45-,46-,47-,48+/m1/s1. The van der Waals surface area contributed by atoms with E-state index in [0.29, 0.717) is 43.7 Å². The highest BCUT2D eigenvalue weighted by molar-refractivity contribution is 5.79. The van der Waals surface area contributed by atoms with Crippen molar-refractivity contribution in [3.05, 3.63) is 18.3 Å². The summed E-state index contributed by atoms with van der Waals surface area (Å²) < 4.78 is 51.4. The molecule has 0 amide bonds. The number of methoxy groups -OCH3 is 1. The van der Waals surface area contributed by atoms with Gasteiger partial charge in [0.2, 0.25) is 5.88 Å². The number of cyclic esters (lactones) is 1. The highest BCUT2D eigenvalue weighted by Crippen LogP contribution is 2.44. The Balaban J connectivity index is 1.56. The van der Waals surface area contributed by atoms with E-state index in [4.69, 9.17) is 42.9 Å². The van der Waals surface area contributed by atoms with Crippen molar-refractivity contribution in [1.29, 1.82) is 0 Å². The highest BCUT2D eigenvalue weighted by Gasteiger charge is 2.59. The van der Waals surface area contributed by atoms with Crippen LogP contribution in [-0.4, -0.2) is 172 Å². The lowest BCUT2D eigenvalue weighted by Gasteiger charge is -2.53. The fourth-order valence-electron chi connectivity index (χ4n) is 10.4. The molecule has 5 rings (SSSR count). The van der Waals surface area contributed by atoms with Gasteiger partial charge in [-0.25, -0.2) is 4.98 Å². The molecule has 1 aromatic rings. The van der Waals surface area contributed by atoms with Crippen molar-refractivity contribution in [3.63, 3.8) is 0 Å². The lowest BCUT2D eigenvalue weighted by molar-refractivity contribution is -0.335. The van der Waals surface area contributed by atoms with Crippen LogP contribution in [0.15, 0.2) is 23.3 Å². The van der Waals surface area contributed by atoms with E-state index in [-0.39, 0.29) is 43.9 Å². The summed E-state index contributed by atoms with van der Waals surface area (Å²) in [4.78, 5) is 25.7. The fourth-order valence-corrected chi connectivity index (χ4v) is 10.4. The van der Waals surface area contributed by atoms with E-state index in [9.17, 15) is 25.2 Å². The molecule has 378 valence electrons. The summed E-state index contributed by atoms with van der Waals surface area (Å²) in [6, 6.07) is 3.09. The number of esters is 1. The Bertz CT molecular complexity index is 1740. The second kappa shape index (κ2) is 22.3. The molecule has 0 aliphatic carbocycles. The number of nitrogens with one attached hydrogen (secondary N) is 2. The Hall–Kier alpha value is -2.75. The third-order valence-corrected chi connectivity index (χ3v) is 14.6. The highest BCUT2D eigenvalue weighted by atomic mass is 16.7. The van der Waals surface area contributed by atoms with E-state index < -0.39 is 95.5 Å². The minimum absolute atomic E-state index is 0.0866. The van der Waals surface area contributed by atoms with Gasteiger partial charge in [0, 0.05) is 45.1 Å². The minimum Gasteiger partial charge on any atom is -0.478 e. The number of carbonyl (C=O) groups is 1. The molecule has 0 aromatic carbocycles. The number of likely N-dealkylation sites (N-methyl/N-ethyl adjacent to an activating group) is 1. The van der Waals surface area contributed by atoms with Crippen LogP contribution in [0.25, 0.3) is 0 Å². The zero-order valence-electron chi connectivity index (χ0n) is 42.0. The van der Waals surface area contributed by atoms with Gasteiger partial charge in [-0.2, -0.15) is 4.99 Å². The number of carbonyl (C=O) groups excluding carboxylic acids is 1. The van der Waals surface area contributed by atoms with Crippen LogP contribution in [0.4, 0.5) is 5.69 Å². The first kappa shape index (κ1) is 54.2. The van der Waals surface area contributed by atoms with E-state index in [2.05, 4.69) is 15.6 Å². The van der Waals surface area contributed by atoms with Crippen LogP contribution in [0.1, 0.15) is 115 Å². The van der Waals surface area contributed by atoms with Gasteiger partial charge in [-0.1, -0.05) is 27.7 Å². The van der Waals surface area contributed by atoms with Crippen molar-refractivity contribution < 1.29 is 63.1 Å². The fraction of sp³-hybridized carbons (Fsp3) is 0.854. The molecule has 0 radical (unpaired) electrons. The number of nitrogens with zero attached hydrogens (tertiary/aromatic N) is 3. The summed E-state index contributed by atoms with van der Waals surface area (Å²) in [5, 5.41) is 55.0. The van der Waals surface area contributed by atoms with Gasteiger partial charge in [-0.3, -0.25) is 4.79 Å². The Labute approximate surface area is 392 Å². The Morgan fingerprint density at radius 1 is 1.00 bits per heavy atom. The Morgan fingerprint density at radius 3 is 2.33 bits per heavy atom. The number of fused-ring (bicyclic) bond motifs is 1. The van der Waals surface area contributed by atoms with Crippen molar-refractivity contribution in [3.8, 4) is 5.88 Å². The van der Waals surface area contributed by atoms with Crippen molar-refractivity contribution >= 4 is 17.7 Å². The molecule has 18 nitrogen and oxygen atoms in total. The zero-order valence-corrected chi connectivity index (χ0v) is 42.0. The third kappa shape index (κ3) is 11.8. The zero-order chi connectivity index (χ0) is 48.9. The molecule has 18 atom stereocenters. The van der Waals surface area contributed by atoms with Crippen molar-refractivity contribution in [1.82, 2.24) is 20.5 Å². The van der Waals surface area contributed by atoms with Crippen LogP contribution in [0.5, 0.6) is 5.88 Å². The second-order valence-corrected chi connectivity index (χ2v) is 20.1. The van der Waals surface area contributed by atoms with Gasteiger partial charge in [0.1, 0.15) is 29.0 Å². The average molecular weight is 938 g/mol. The molecule has 4 aliphatic rings. The first-order chi connectivity index (χ1) is 31.0. The van der Waals surface area contributed by atoms with Crippen LogP contribution in [-0.2, 0) is 38.0 Å². The van der Waals surface area contributed by atoms with E-state index in [1.165, 1.54) is 6.92 Å². The number of pyridine rings is 1. The number of aromatic nitrogens is 1. The molecule has 0 unspecified atom stereocenters. The summed E-state index contributed by atoms with van der Waals surface area (Å²) in [5.41, 5.74) is -5.45. The number of aliphatic hydroxyl groups excluding tert-OH is 1. The van der Waals surface area contributed by atoms with Gasteiger partial charge in [0.15, 0.2) is 18.7 Å². The summed E-state index contributed by atoms with van der Waals surface area (Å²) in [7, 11) is 3.45. The monoisotopic (exact) mass is 938 g/mol. The average Bonchev–Trinajstić information content (AvgIpc) is 3.57. The number of aliphatic imine (C=N–C) groups is 1. The Kier molecular flexibility index (Phi) is 18.3. The van der Waals surface area contributed by atoms with Crippen molar-refractivity contribution in [2.75, 3.05) is 40.4 Å². The predicted octanol–water partition coefficient (Wildman–Crippen LogP) is 3.82. The minimum atomic E-state index is -1.83. The van der Waals surface area contributed by atoms with Gasteiger partial charge in [-0.05, 0) is 106 Å². The maximum absolute atomic E-state index is 14.6. The molecule has 0 bridgehead atoms. The van der Waals surface area contributed by atoms with Crippen molar-refractivity contribution in [2.45, 2.75) is 205 Å². The lowest BCUT2D eigenvalue weighted by atomic mass is 9.75. The van der Waals surface area contributed by atoms with E-state index in [0.717, 1.165) is 6.42 Å². The van der Waals surface area contributed by atoms with Crippen LogP contribution >= 0.6 is 0 Å². The normalized spacial score (nSPS) is 43.6. The number of aliphatic hydroxyl groups is 4. The first-order valence-corrected chi connectivity index (χ1v) is 24.2. The number of hydrogen-bond acceptors (Lipinski definition) is 17. The number of amidine groups is 1. The van der Waals surface area contributed by atoms with Gasteiger partial charge < -0.3 is 73.9 Å². The molecule has 1 aromatic heterocycles. The molecular formula is C48H83N5O13. The largest absolute Gasteiger partial charge is 0.478 e. The molecule has 18 heteroatoms. The smallest absolute Gasteiger partial charge is 0.311 e. The lowest BCUT2D eigenvalue weighted by Crippen LogP contribution is -2.70. The summed E-state index contributed by atoms with van der Waals surface area (Å²) >= 11 is 0. The van der Waals surface area contributed by atoms with E-state index >= 15 is 0 Å². The first-order valence-electron chi connectivity index (χ1n) is 24.2. The quantitative estimate of drug-likeness (QED) is 0.122. The van der Waals surface area contributed by atoms with Crippen LogP contribution in [0.2, 0.25) is 0 Å². The topological polar surface area (TPSA) is 224 Å². The SMILES string of the molecule is CCCNC[C@]1(O)[C@H](C)O[C@@H](O[C@H]2[C@H](C)[C@@H](O[C@@H]3O[C@H](C)C[C@H]4[C@H]3O/C(=N\c3ccc(OCC)nc3)N4C)[C@](C)(O)C[C@@H](C)CN[C@H](C)[C@@H](O)[C@](C)(O)[C@@H](CC)OC(=O)[C@@H]2C)C[C@@]1(C)OC. The van der Waals surface area contributed by atoms with Gasteiger partial charge >= 0.3 is 5.97 Å². The maximum Gasteiger partial charge on any atom is 0.311 e. The van der Waals surface area contributed by atoms with Crippen LogP contribution in [0.3, 0.4) is 0 Å². The van der Waals surface area contributed by atoms with Crippen LogP contribution in [0, 0.1) is 17.8 Å². The molecule has 4 aliphatic heterocycles. The second-order valence-electron chi connectivity index (χ2n) is 20.1. The van der Waals surface area contributed by atoms with Gasteiger partial charge in [0.25, 0.3) is 6.02 Å². The summed E-state index contributed by atoms with van der Waals surface area (Å²) in [6.07, 6.45) is -4.66. The molecule has 0 saturated carbocycles. The van der Waals surface area contributed by atoms with Crippen LogP contribution < -0.4 is 15.4 Å². The Morgan fingerprint density at radius 2 is 1.71 bits per heavy atom.